The molecule has 0 saturated heterocycles. The van der Waals surface area contributed by atoms with E-state index in [1.807, 2.05) is 7.05 Å². The van der Waals surface area contributed by atoms with Crippen molar-refractivity contribution in [2.45, 2.75) is 6.04 Å². The van der Waals surface area contributed by atoms with Crippen LogP contribution in [-0.4, -0.2) is 28.7 Å². The number of hydrogen-bond donors (Lipinski definition) is 1. The minimum absolute atomic E-state index is 0.303. The Morgan fingerprint density at radius 1 is 1.25 bits per heavy atom. The number of nitrogens with one attached hydrogen (secondary N) is 1. The van der Waals surface area contributed by atoms with Gasteiger partial charge in [0.25, 0.3) is 5.91 Å². The summed E-state index contributed by atoms with van der Waals surface area (Å²) in [5.74, 6) is 0.759. The van der Waals surface area contributed by atoms with E-state index in [9.17, 15) is 9.18 Å². The highest BCUT2D eigenvalue weighted by Crippen LogP contribution is 2.38. The highest BCUT2D eigenvalue weighted by Gasteiger charge is 2.24. The molecule has 3 aromatic rings. The standard InChI is InChI=1S/C20H17ClFN3O3/c1-25-7-6-23-19(25)17(12-2-4-14(22)5-3-12)24-20(26)13-10-15(21)18-16(11-13)27-8-9-28-18/h2-7,10-11,17H,8-9H2,1H3,(H,24,26). The summed E-state index contributed by atoms with van der Waals surface area (Å²) in [5.41, 5.74) is 1.03. The van der Waals surface area contributed by atoms with Gasteiger partial charge < -0.3 is 19.4 Å². The molecule has 1 aliphatic rings. The van der Waals surface area contributed by atoms with Gasteiger partial charge in [-0.1, -0.05) is 23.7 Å². The van der Waals surface area contributed by atoms with Gasteiger partial charge in [-0.15, -0.1) is 0 Å². The maximum atomic E-state index is 13.4. The van der Waals surface area contributed by atoms with Crippen LogP contribution in [0.15, 0.2) is 48.8 Å². The predicted molar refractivity (Wildman–Crippen MR) is 101 cm³/mol. The summed E-state index contributed by atoms with van der Waals surface area (Å²) >= 11 is 6.24. The fourth-order valence-corrected chi connectivity index (χ4v) is 3.33. The lowest BCUT2D eigenvalue weighted by atomic mass is 10.0. The van der Waals surface area contributed by atoms with Gasteiger partial charge in [-0.05, 0) is 29.8 Å². The lowest BCUT2D eigenvalue weighted by molar-refractivity contribution is 0.0940. The van der Waals surface area contributed by atoms with Crippen LogP contribution in [0.2, 0.25) is 5.02 Å². The lowest BCUT2D eigenvalue weighted by Gasteiger charge is -2.22. The minimum Gasteiger partial charge on any atom is -0.486 e. The third-order valence-corrected chi connectivity index (χ3v) is 4.74. The number of hydrogen-bond acceptors (Lipinski definition) is 4. The van der Waals surface area contributed by atoms with E-state index in [0.717, 1.165) is 0 Å². The molecule has 1 aromatic heterocycles. The van der Waals surface area contributed by atoms with Crippen LogP contribution in [0.3, 0.4) is 0 Å². The average molecular weight is 402 g/mol. The fourth-order valence-electron chi connectivity index (χ4n) is 3.06. The first-order valence-electron chi connectivity index (χ1n) is 8.65. The highest BCUT2D eigenvalue weighted by molar-refractivity contribution is 6.32. The van der Waals surface area contributed by atoms with Crippen LogP contribution in [0.25, 0.3) is 0 Å². The molecule has 4 rings (SSSR count). The molecule has 1 atom stereocenters. The molecule has 28 heavy (non-hydrogen) atoms. The molecular weight excluding hydrogens is 385 g/mol. The molecule has 0 aliphatic carbocycles. The van der Waals surface area contributed by atoms with Crippen LogP contribution in [0.4, 0.5) is 4.39 Å². The minimum atomic E-state index is -0.569. The molecular formula is C20H17ClFN3O3. The first kappa shape index (κ1) is 18.3. The molecule has 1 N–H and O–H groups in total. The van der Waals surface area contributed by atoms with Crippen molar-refractivity contribution in [3.8, 4) is 11.5 Å². The van der Waals surface area contributed by atoms with Gasteiger partial charge in [-0.3, -0.25) is 4.79 Å². The second-order valence-electron chi connectivity index (χ2n) is 6.34. The lowest BCUT2D eigenvalue weighted by Crippen LogP contribution is -2.31. The summed E-state index contributed by atoms with van der Waals surface area (Å²) in [5, 5.41) is 3.25. The summed E-state index contributed by atoms with van der Waals surface area (Å²) in [6.07, 6.45) is 3.41. The zero-order valence-electron chi connectivity index (χ0n) is 15.0. The van der Waals surface area contributed by atoms with Crippen molar-refractivity contribution in [2.24, 2.45) is 7.05 Å². The first-order chi connectivity index (χ1) is 13.5. The second-order valence-corrected chi connectivity index (χ2v) is 6.74. The van der Waals surface area contributed by atoms with Crippen LogP contribution in [-0.2, 0) is 7.05 Å². The molecule has 2 aromatic carbocycles. The number of aromatic nitrogens is 2. The molecule has 0 radical (unpaired) electrons. The highest BCUT2D eigenvalue weighted by atomic mass is 35.5. The molecule has 0 saturated carbocycles. The van der Waals surface area contributed by atoms with Crippen molar-refractivity contribution >= 4 is 17.5 Å². The third kappa shape index (κ3) is 3.53. The smallest absolute Gasteiger partial charge is 0.252 e. The van der Waals surface area contributed by atoms with Gasteiger partial charge >= 0.3 is 0 Å². The number of ether oxygens (including phenoxy) is 2. The zero-order valence-corrected chi connectivity index (χ0v) is 15.7. The van der Waals surface area contributed by atoms with E-state index in [2.05, 4.69) is 10.3 Å². The van der Waals surface area contributed by atoms with Gasteiger partial charge in [-0.25, -0.2) is 9.37 Å². The topological polar surface area (TPSA) is 65.4 Å². The van der Waals surface area contributed by atoms with Crippen LogP contribution >= 0.6 is 11.6 Å². The van der Waals surface area contributed by atoms with Crippen molar-refractivity contribution in [3.05, 3.63) is 76.6 Å². The van der Waals surface area contributed by atoms with Gasteiger partial charge in [-0.2, -0.15) is 0 Å². The maximum absolute atomic E-state index is 13.4. The zero-order chi connectivity index (χ0) is 19.7. The van der Waals surface area contributed by atoms with E-state index in [-0.39, 0.29) is 11.7 Å². The Bertz CT molecular complexity index is 1020. The molecule has 1 amide bonds. The van der Waals surface area contributed by atoms with Crippen LogP contribution in [0, 0.1) is 5.82 Å². The van der Waals surface area contributed by atoms with Gasteiger partial charge in [0.05, 0.1) is 5.02 Å². The van der Waals surface area contributed by atoms with Crippen molar-refractivity contribution in [1.29, 1.82) is 0 Å². The number of carbonyl (C=O) groups excluding carboxylic acids is 1. The largest absolute Gasteiger partial charge is 0.486 e. The number of nitrogens with zero attached hydrogens (tertiary/aromatic N) is 2. The summed E-state index contributed by atoms with van der Waals surface area (Å²) in [7, 11) is 1.83. The number of imidazole rings is 1. The summed E-state index contributed by atoms with van der Waals surface area (Å²) in [6.45, 7) is 0.796. The fraction of sp³-hybridized carbons (Fsp3) is 0.200. The Balaban J connectivity index is 1.67. The normalized spacial score (nSPS) is 13.8. The summed E-state index contributed by atoms with van der Waals surface area (Å²) in [4.78, 5) is 17.3. The number of halogens is 2. The maximum Gasteiger partial charge on any atom is 0.252 e. The Hall–Kier alpha value is -3.06. The van der Waals surface area contributed by atoms with Crippen LogP contribution in [0.5, 0.6) is 11.5 Å². The predicted octanol–water partition coefficient (Wildman–Crippen LogP) is 3.50. The van der Waals surface area contributed by atoms with Crippen molar-refractivity contribution in [1.82, 2.24) is 14.9 Å². The number of fused-ring (bicyclic) bond motifs is 1. The quantitative estimate of drug-likeness (QED) is 0.726. The molecule has 2 heterocycles. The monoisotopic (exact) mass is 401 g/mol. The summed E-state index contributed by atoms with van der Waals surface area (Å²) < 4.78 is 26.2. The van der Waals surface area contributed by atoms with Crippen molar-refractivity contribution < 1.29 is 18.7 Å². The van der Waals surface area contributed by atoms with E-state index in [1.165, 1.54) is 18.2 Å². The third-order valence-electron chi connectivity index (χ3n) is 4.45. The van der Waals surface area contributed by atoms with Gasteiger partial charge in [0.2, 0.25) is 0 Å². The van der Waals surface area contributed by atoms with Crippen LogP contribution < -0.4 is 14.8 Å². The molecule has 1 unspecified atom stereocenters. The Morgan fingerprint density at radius 3 is 2.71 bits per heavy atom. The number of benzene rings is 2. The average Bonchev–Trinajstić information content (AvgIpc) is 3.12. The Kier molecular flexibility index (Phi) is 4.92. The van der Waals surface area contributed by atoms with Crippen molar-refractivity contribution in [2.75, 3.05) is 13.2 Å². The van der Waals surface area contributed by atoms with Crippen molar-refractivity contribution in [3.63, 3.8) is 0 Å². The van der Waals surface area contributed by atoms with Gasteiger partial charge in [0.15, 0.2) is 11.5 Å². The number of rotatable bonds is 4. The van der Waals surface area contributed by atoms with E-state index >= 15 is 0 Å². The molecule has 6 nitrogen and oxygen atoms in total. The number of carbonyl (C=O) groups is 1. The number of aryl methyl sites for hydroxylation is 1. The SMILES string of the molecule is Cn1ccnc1C(NC(=O)c1cc(Cl)c2c(c1)OCCO2)c1ccc(F)cc1. The Morgan fingerprint density at radius 2 is 2.00 bits per heavy atom. The second kappa shape index (κ2) is 7.52. The first-order valence-corrected chi connectivity index (χ1v) is 9.03. The summed E-state index contributed by atoms with van der Waals surface area (Å²) in [6, 6.07) is 8.48. The molecule has 0 fully saturated rings. The van der Waals surface area contributed by atoms with E-state index in [1.54, 1.807) is 35.2 Å². The van der Waals surface area contributed by atoms with Gasteiger partial charge in [0.1, 0.15) is 30.9 Å². The molecule has 8 heteroatoms. The molecule has 0 bridgehead atoms. The molecule has 1 aliphatic heterocycles. The number of amides is 1. The van der Waals surface area contributed by atoms with E-state index in [0.29, 0.717) is 46.7 Å². The van der Waals surface area contributed by atoms with E-state index < -0.39 is 6.04 Å². The molecule has 144 valence electrons. The van der Waals surface area contributed by atoms with Gasteiger partial charge in [0, 0.05) is 25.0 Å². The van der Waals surface area contributed by atoms with Crippen LogP contribution in [0.1, 0.15) is 27.8 Å². The molecule has 0 spiro atoms. The Labute approximate surface area is 165 Å². The van der Waals surface area contributed by atoms with E-state index in [4.69, 9.17) is 21.1 Å².